The molecule has 6 rings (SSSR count). The number of hydrogen-bond donors (Lipinski definition) is 1. The van der Waals surface area contributed by atoms with E-state index in [0.29, 0.717) is 23.2 Å². The van der Waals surface area contributed by atoms with Crippen LogP contribution in [-0.2, 0) is 16.0 Å². The molecule has 1 aliphatic rings. The van der Waals surface area contributed by atoms with Gasteiger partial charge in [0.1, 0.15) is 5.76 Å². The fourth-order valence-corrected chi connectivity index (χ4v) is 4.98. The molecule has 6 nitrogen and oxygen atoms in total. The highest BCUT2D eigenvalue weighted by Gasteiger charge is 2.26. The van der Waals surface area contributed by atoms with E-state index in [1.54, 1.807) is 6.26 Å². The number of ether oxygens (including phenoxy) is 1. The molecular weight excluding hydrogens is 464 g/mol. The lowest BCUT2D eigenvalue weighted by Gasteiger charge is -2.22. The van der Waals surface area contributed by atoms with Gasteiger partial charge in [-0.15, -0.1) is 0 Å². The van der Waals surface area contributed by atoms with Crippen molar-refractivity contribution in [3.8, 4) is 0 Å². The van der Waals surface area contributed by atoms with Gasteiger partial charge in [0.15, 0.2) is 6.61 Å². The van der Waals surface area contributed by atoms with E-state index in [1.165, 1.54) is 0 Å². The van der Waals surface area contributed by atoms with Gasteiger partial charge in [0.25, 0.3) is 5.91 Å². The Hall–Kier alpha value is -4.71. The van der Waals surface area contributed by atoms with Crippen LogP contribution in [-0.4, -0.2) is 23.5 Å². The average molecular weight is 489 g/mol. The van der Waals surface area contributed by atoms with Crippen LogP contribution in [0.25, 0.3) is 33.3 Å². The Balaban J connectivity index is 1.29. The van der Waals surface area contributed by atoms with Gasteiger partial charge < -0.3 is 14.5 Å². The minimum absolute atomic E-state index is 0.386. The molecule has 6 heteroatoms. The van der Waals surface area contributed by atoms with Crippen molar-refractivity contribution in [1.82, 2.24) is 4.98 Å². The molecule has 0 fully saturated rings. The summed E-state index contributed by atoms with van der Waals surface area (Å²) in [6.07, 6.45) is 6.03. The van der Waals surface area contributed by atoms with Gasteiger partial charge in [-0.05, 0) is 66.1 Å². The van der Waals surface area contributed by atoms with E-state index >= 15 is 0 Å². The number of benzene rings is 3. The van der Waals surface area contributed by atoms with Crippen LogP contribution in [0, 0.1) is 0 Å². The van der Waals surface area contributed by atoms with Crippen molar-refractivity contribution in [2.75, 3.05) is 11.9 Å². The van der Waals surface area contributed by atoms with Crippen LogP contribution in [0.15, 0.2) is 89.5 Å². The van der Waals surface area contributed by atoms with Crippen molar-refractivity contribution < 1.29 is 18.7 Å². The van der Waals surface area contributed by atoms with E-state index < -0.39 is 11.9 Å². The van der Waals surface area contributed by atoms with Crippen molar-refractivity contribution in [3.05, 3.63) is 108 Å². The van der Waals surface area contributed by atoms with Crippen molar-refractivity contribution in [2.45, 2.75) is 19.3 Å². The summed E-state index contributed by atoms with van der Waals surface area (Å²) in [6, 6.07) is 24.8. The summed E-state index contributed by atoms with van der Waals surface area (Å²) in [5, 5.41) is 5.54. The van der Waals surface area contributed by atoms with E-state index in [1.807, 2.05) is 84.9 Å². The number of pyridine rings is 1. The number of hydrogen-bond acceptors (Lipinski definition) is 5. The van der Waals surface area contributed by atoms with Gasteiger partial charge in [0, 0.05) is 16.5 Å². The SMILES string of the molecule is O=C(COC(=O)c1c2c(nc3ccccc13)C(=Cc1ccco1)CCC2)Nc1cccc2ccccc12. The number of nitrogens with one attached hydrogen (secondary N) is 1. The Morgan fingerprint density at radius 3 is 2.59 bits per heavy atom. The lowest BCUT2D eigenvalue weighted by atomic mass is 9.86. The standard InChI is InChI=1S/C31H24N2O4/c34-28(32-26-16-6-9-20-8-1-2-12-23(20)26)19-37-31(35)29-24-13-3-4-15-27(24)33-30-21(10-5-14-25(29)30)18-22-11-7-17-36-22/h1-4,6-9,11-13,15-18H,5,10,14,19H2,(H,32,34). The third-order valence-electron chi connectivity index (χ3n) is 6.63. The zero-order valence-corrected chi connectivity index (χ0v) is 20.1. The summed E-state index contributed by atoms with van der Waals surface area (Å²) >= 11 is 0. The number of amides is 1. The van der Waals surface area contributed by atoms with Crippen LogP contribution in [0.5, 0.6) is 0 Å². The summed E-state index contributed by atoms with van der Waals surface area (Å²) in [5.41, 5.74) is 4.52. The Morgan fingerprint density at radius 2 is 1.73 bits per heavy atom. The van der Waals surface area contributed by atoms with Gasteiger partial charge in [-0.3, -0.25) is 4.79 Å². The minimum Gasteiger partial charge on any atom is -0.465 e. The van der Waals surface area contributed by atoms with Gasteiger partial charge in [-0.25, -0.2) is 9.78 Å². The molecule has 1 N–H and O–H groups in total. The maximum Gasteiger partial charge on any atom is 0.339 e. The van der Waals surface area contributed by atoms with Crippen LogP contribution in [0.2, 0.25) is 0 Å². The summed E-state index contributed by atoms with van der Waals surface area (Å²) in [7, 11) is 0. The number of nitrogens with zero attached hydrogens (tertiary/aromatic N) is 1. The molecule has 0 unspecified atom stereocenters. The molecule has 0 spiro atoms. The van der Waals surface area contributed by atoms with Crippen LogP contribution in [0.1, 0.15) is 40.2 Å². The summed E-state index contributed by atoms with van der Waals surface area (Å²) in [4.78, 5) is 31.1. The highest BCUT2D eigenvalue weighted by atomic mass is 16.5. The smallest absolute Gasteiger partial charge is 0.339 e. The zero-order valence-electron chi connectivity index (χ0n) is 20.1. The Labute approximate surface area is 213 Å². The molecule has 0 radical (unpaired) electrons. The first-order valence-electron chi connectivity index (χ1n) is 12.3. The monoisotopic (exact) mass is 488 g/mol. The van der Waals surface area contributed by atoms with Crippen LogP contribution in [0.3, 0.4) is 0 Å². The highest BCUT2D eigenvalue weighted by molar-refractivity contribution is 6.08. The number of anilines is 1. The van der Waals surface area contributed by atoms with Crippen molar-refractivity contribution in [2.24, 2.45) is 0 Å². The van der Waals surface area contributed by atoms with Gasteiger partial charge in [0.2, 0.25) is 0 Å². The predicted molar refractivity (Wildman–Crippen MR) is 144 cm³/mol. The summed E-state index contributed by atoms with van der Waals surface area (Å²) in [5.74, 6) is -0.176. The number of aromatic nitrogens is 1. The Kier molecular flexibility index (Phi) is 5.98. The molecule has 0 saturated carbocycles. The normalized spacial score (nSPS) is 14.0. The van der Waals surface area contributed by atoms with Crippen LogP contribution < -0.4 is 5.32 Å². The molecular formula is C31H24N2O4. The zero-order chi connectivity index (χ0) is 25.2. The van der Waals surface area contributed by atoms with Crippen LogP contribution in [0.4, 0.5) is 5.69 Å². The molecule has 0 bridgehead atoms. The van der Waals surface area contributed by atoms with Gasteiger partial charge in [-0.1, -0.05) is 54.6 Å². The number of para-hydroxylation sites is 1. The molecule has 0 saturated heterocycles. The summed E-state index contributed by atoms with van der Waals surface area (Å²) < 4.78 is 11.1. The van der Waals surface area contributed by atoms with Gasteiger partial charge in [0.05, 0.1) is 23.0 Å². The molecule has 5 aromatic rings. The molecule has 1 aliphatic carbocycles. The van der Waals surface area contributed by atoms with E-state index in [2.05, 4.69) is 5.32 Å². The third-order valence-corrected chi connectivity index (χ3v) is 6.63. The fraction of sp³-hybridized carbons (Fsp3) is 0.129. The molecule has 37 heavy (non-hydrogen) atoms. The van der Waals surface area contributed by atoms with E-state index in [9.17, 15) is 9.59 Å². The first-order chi connectivity index (χ1) is 18.2. The topological polar surface area (TPSA) is 81.4 Å². The van der Waals surface area contributed by atoms with E-state index in [4.69, 9.17) is 14.1 Å². The number of esters is 1. The fourth-order valence-electron chi connectivity index (χ4n) is 4.98. The van der Waals surface area contributed by atoms with Crippen LogP contribution >= 0.6 is 0 Å². The number of carbonyl (C=O) groups is 2. The molecule has 2 heterocycles. The molecule has 1 amide bonds. The molecule has 182 valence electrons. The van der Waals surface area contributed by atoms with Gasteiger partial charge in [-0.2, -0.15) is 0 Å². The number of fused-ring (bicyclic) bond motifs is 3. The lowest BCUT2D eigenvalue weighted by Crippen LogP contribution is -2.22. The van der Waals surface area contributed by atoms with Crippen molar-refractivity contribution in [1.29, 1.82) is 0 Å². The minimum atomic E-state index is -0.526. The predicted octanol–water partition coefficient (Wildman–Crippen LogP) is 6.65. The maximum absolute atomic E-state index is 13.5. The second kappa shape index (κ2) is 9.74. The Morgan fingerprint density at radius 1 is 0.919 bits per heavy atom. The molecule has 2 aromatic heterocycles. The first-order valence-corrected chi connectivity index (χ1v) is 12.3. The van der Waals surface area contributed by atoms with E-state index in [-0.39, 0.29) is 6.61 Å². The maximum atomic E-state index is 13.5. The number of allylic oxidation sites excluding steroid dienone is 1. The number of furan rings is 1. The second-order valence-corrected chi connectivity index (χ2v) is 9.02. The quantitative estimate of drug-likeness (QED) is 0.280. The molecule has 0 atom stereocenters. The largest absolute Gasteiger partial charge is 0.465 e. The van der Waals surface area contributed by atoms with Gasteiger partial charge >= 0.3 is 5.97 Å². The van der Waals surface area contributed by atoms with Crippen molar-refractivity contribution in [3.63, 3.8) is 0 Å². The lowest BCUT2D eigenvalue weighted by molar-refractivity contribution is -0.119. The number of rotatable bonds is 5. The summed E-state index contributed by atoms with van der Waals surface area (Å²) in [6.45, 7) is -0.386. The molecule has 0 aliphatic heterocycles. The van der Waals surface area contributed by atoms with E-state index in [0.717, 1.165) is 51.6 Å². The third kappa shape index (κ3) is 4.49. The van der Waals surface area contributed by atoms with Crippen molar-refractivity contribution >= 4 is 50.9 Å². The Bertz CT molecular complexity index is 1660. The molecule has 3 aromatic carbocycles. The average Bonchev–Trinajstić information content (AvgIpc) is 3.44. The number of carbonyl (C=O) groups excluding carboxylic acids is 2. The first kappa shape index (κ1) is 22.7. The highest BCUT2D eigenvalue weighted by Crippen LogP contribution is 2.36. The second-order valence-electron chi connectivity index (χ2n) is 9.02.